The van der Waals surface area contributed by atoms with Gasteiger partial charge in [-0.3, -0.25) is 4.79 Å². The minimum absolute atomic E-state index is 0.131. The Morgan fingerprint density at radius 3 is 2.13 bits per heavy atom. The number of carboxylic acids is 1. The number of rotatable bonds is 13. The maximum Gasteiger partial charge on any atom is 0.303 e. The predicted octanol–water partition coefficient (Wildman–Crippen LogP) is 4.84. The van der Waals surface area contributed by atoms with Gasteiger partial charge in [-0.1, -0.05) is 45.6 Å². The number of aryl methyl sites for hydroxylation is 1. The molecule has 4 heteroatoms. The average molecular weight is 322 g/mol. The van der Waals surface area contributed by atoms with Crippen LogP contribution in [0, 0.1) is 0 Å². The van der Waals surface area contributed by atoms with E-state index in [2.05, 4.69) is 13.8 Å². The minimum atomic E-state index is -0.782. The molecule has 0 amide bonds. The van der Waals surface area contributed by atoms with Gasteiger partial charge in [-0.05, 0) is 37.0 Å². The summed E-state index contributed by atoms with van der Waals surface area (Å²) in [6.45, 7) is 5.68. The molecule has 1 aromatic carbocycles. The highest BCUT2D eigenvalue weighted by atomic mass is 16.5. The Kier molecular flexibility index (Phi) is 9.92. The topological polar surface area (TPSA) is 55.8 Å². The second kappa shape index (κ2) is 11.8. The van der Waals surface area contributed by atoms with Crippen LogP contribution < -0.4 is 9.47 Å². The number of hydrogen-bond donors (Lipinski definition) is 1. The number of carboxylic acid groups (broad SMARTS) is 1. The first-order valence-electron chi connectivity index (χ1n) is 8.77. The molecule has 1 rings (SSSR count). The van der Waals surface area contributed by atoms with E-state index < -0.39 is 5.97 Å². The number of unbranched alkanes of at least 4 members (excludes halogenated alkanes) is 4. The Balaban J connectivity index is 2.66. The zero-order valence-electron chi connectivity index (χ0n) is 14.5. The summed E-state index contributed by atoms with van der Waals surface area (Å²) in [5, 5.41) is 8.81. The smallest absolute Gasteiger partial charge is 0.303 e. The van der Waals surface area contributed by atoms with Gasteiger partial charge in [-0.2, -0.15) is 0 Å². The summed E-state index contributed by atoms with van der Waals surface area (Å²) in [5.41, 5.74) is 0.971. The summed E-state index contributed by atoms with van der Waals surface area (Å²) in [5.74, 6) is 0.715. The van der Waals surface area contributed by atoms with Crippen molar-refractivity contribution in [3.05, 3.63) is 23.8 Å². The minimum Gasteiger partial charge on any atom is -0.490 e. The molecule has 0 spiro atoms. The summed E-state index contributed by atoms with van der Waals surface area (Å²) in [4.78, 5) is 10.7. The van der Waals surface area contributed by atoms with Gasteiger partial charge in [0.1, 0.15) is 0 Å². The third-order valence-electron chi connectivity index (χ3n) is 3.65. The van der Waals surface area contributed by atoms with Gasteiger partial charge in [0.15, 0.2) is 11.5 Å². The fourth-order valence-electron chi connectivity index (χ4n) is 2.26. The van der Waals surface area contributed by atoms with Gasteiger partial charge in [0.2, 0.25) is 0 Å². The lowest BCUT2D eigenvalue weighted by atomic mass is 10.1. The molecule has 0 unspecified atom stereocenters. The van der Waals surface area contributed by atoms with Gasteiger partial charge in [-0.25, -0.2) is 0 Å². The maximum absolute atomic E-state index is 10.7. The van der Waals surface area contributed by atoms with Crippen LogP contribution in [0.15, 0.2) is 18.2 Å². The van der Waals surface area contributed by atoms with E-state index in [4.69, 9.17) is 14.6 Å². The first kappa shape index (κ1) is 19.3. The first-order chi connectivity index (χ1) is 11.2. The fraction of sp³-hybridized carbons (Fsp3) is 0.632. The third kappa shape index (κ3) is 8.48. The SMILES string of the molecule is CCCCCOc1ccc(CCC(=O)O)cc1OCCCCC. The Morgan fingerprint density at radius 1 is 0.957 bits per heavy atom. The lowest BCUT2D eigenvalue weighted by Crippen LogP contribution is -2.04. The number of benzene rings is 1. The molecule has 1 N–H and O–H groups in total. The van der Waals surface area contributed by atoms with Gasteiger partial charge in [0.05, 0.1) is 13.2 Å². The van der Waals surface area contributed by atoms with Gasteiger partial charge in [0.25, 0.3) is 0 Å². The van der Waals surface area contributed by atoms with E-state index in [0.29, 0.717) is 19.6 Å². The lowest BCUT2D eigenvalue weighted by Gasteiger charge is -2.14. The number of hydrogen-bond acceptors (Lipinski definition) is 3. The van der Waals surface area contributed by atoms with Crippen LogP contribution in [0.2, 0.25) is 0 Å². The van der Waals surface area contributed by atoms with E-state index in [9.17, 15) is 4.79 Å². The van der Waals surface area contributed by atoms with Crippen LogP contribution in [0.4, 0.5) is 0 Å². The molecule has 0 saturated carbocycles. The van der Waals surface area contributed by atoms with Crippen molar-refractivity contribution in [2.24, 2.45) is 0 Å². The van der Waals surface area contributed by atoms with Crippen molar-refractivity contribution in [3.8, 4) is 11.5 Å². The van der Waals surface area contributed by atoms with Crippen molar-refractivity contribution in [2.75, 3.05) is 13.2 Å². The number of aliphatic carboxylic acids is 1. The van der Waals surface area contributed by atoms with Crippen LogP contribution in [0.3, 0.4) is 0 Å². The van der Waals surface area contributed by atoms with Crippen LogP contribution in [0.1, 0.15) is 64.4 Å². The van der Waals surface area contributed by atoms with Crippen molar-refractivity contribution in [2.45, 2.75) is 65.2 Å². The van der Waals surface area contributed by atoms with Crippen LogP contribution in [0.25, 0.3) is 0 Å². The van der Waals surface area contributed by atoms with Crippen LogP contribution >= 0.6 is 0 Å². The highest BCUT2D eigenvalue weighted by molar-refractivity contribution is 5.67. The van der Waals surface area contributed by atoms with Crippen molar-refractivity contribution < 1.29 is 19.4 Å². The zero-order chi connectivity index (χ0) is 16.9. The molecule has 0 fully saturated rings. The predicted molar refractivity (Wildman–Crippen MR) is 92.4 cm³/mol. The largest absolute Gasteiger partial charge is 0.490 e. The monoisotopic (exact) mass is 322 g/mol. The lowest BCUT2D eigenvalue weighted by molar-refractivity contribution is -0.136. The maximum atomic E-state index is 10.7. The third-order valence-corrected chi connectivity index (χ3v) is 3.65. The second-order valence-electron chi connectivity index (χ2n) is 5.79. The van der Waals surface area contributed by atoms with E-state index in [0.717, 1.165) is 55.6 Å². The first-order valence-corrected chi connectivity index (χ1v) is 8.77. The highest BCUT2D eigenvalue weighted by Crippen LogP contribution is 2.29. The summed E-state index contributed by atoms with van der Waals surface area (Å²) >= 11 is 0. The van der Waals surface area contributed by atoms with E-state index in [-0.39, 0.29) is 6.42 Å². The number of carbonyl (C=O) groups is 1. The van der Waals surface area contributed by atoms with Gasteiger partial charge in [-0.15, -0.1) is 0 Å². The Hall–Kier alpha value is -1.71. The van der Waals surface area contributed by atoms with Gasteiger partial charge in [0, 0.05) is 6.42 Å². The molecule has 1 aromatic rings. The normalized spacial score (nSPS) is 10.5. The summed E-state index contributed by atoms with van der Waals surface area (Å²) in [7, 11) is 0. The molecule has 0 aliphatic heterocycles. The zero-order valence-corrected chi connectivity index (χ0v) is 14.5. The quantitative estimate of drug-likeness (QED) is 0.528. The fourth-order valence-corrected chi connectivity index (χ4v) is 2.26. The van der Waals surface area contributed by atoms with Crippen molar-refractivity contribution in [1.82, 2.24) is 0 Å². The number of ether oxygens (including phenoxy) is 2. The Morgan fingerprint density at radius 2 is 1.57 bits per heavy atom. The second-order valence-corrected chi connectivity index (χ2v) is 5.79. The van der Waals surface area contributed by atoms with Crippen LogP contribution in [-0.4, -0.2) is 24.3 Å². The van der Waals surface area contributed by atoms with E-state index in [1.807, 2.05) is 18.2 Å². The standard InChI is InChI=1S/C19H30O4/c1-3-5-7-13-22-17-11-9-16(10-12-19(20)21)15-18(17)23-14-8-6-4-2/h9,11,15H,3-8,10,12-14H2,1-2H3,(H,20,21). The van der Waals surface area contributed by atoms with Crippen molar-refractivity contribution in [1.29, 1.82) is 0 Å². The highest BCUT2D eigenvalue weighted by Gasteiger charge is 2.08. The molecule has 4 nitrogen and oxygen atoms in total. The molecule has 0 heterocycles. The van der Waals surface area contributed by atoms with Gasteiger partial charge < -0.3 is 14.6 Å². The van der Waals surface area contributed by atoms with Crippen LogP contribution in [0.5, 0.6) is 11.5 Å². The molecule has 0 aliphatic carbocycles. The Labute approximate surface area is 139 Å². The molecule has 0 atom stereocenters. The van der Waals surface area contributed by atoms with Crippen LogP contribution in [-0.2, 0) is 11.2 Å². The summed E-state index contributed by atoms with van der Waals surface area (Å²) in [6.07, 6.45) is 7.31. The van der Waals surface area contributed by atoms with Crippen molar-refractivity contribution in [3.63, 3.8) is 0 Å². The molecule has 0 radical (unpaired) electrons. The summed E-state index contributed by atoms with van der Waals surface area (Å²) < 4.78 is 11.7. The molecule has 0 saturated heterocycles. The van der Waals surface area contributed by atoms with E-state index >= 15 is 0 Å². The molecule has 0 aliphatic rings. The molecule has 0 bridgehead atoms. The van der Waals surface area contributed by atoms with Crippen molar-refractivity contribution >= 4 is 5.97 Å². The molecule has 23 heavy (non-hydrogen) atoms. The molecule has 0 aromatic heterocycles. The van der Waals surface area contributed by atoms with E-state index in [1.54, 1.807) is 0 Å². The molecule has 130 valence electrons. The molecular weight excluding hydrogens is 292 g/mol. The summed E-state index contributed by atoms with van der Waals surface area (Å²) in [6, 6.07) is 5.75. The van der Waals surface area contributed by atoms with Gasteiger partial charge >= 0.3 is 5.97 Å². The average Bonchev–Trinajstić information content (AvgIpc) is 2.55. The Bertz CT molecular complexity index is 457. The van der Waals surface area contributed by atoms with E-state index in [1.165, 1.54) is 0 Å². The molecular formula is C19H30O4.